The third kappa shape index (κ3) is 2.63. The molecule has 21 heavy (non-hydrogen) atoms. The lowest BCUT2D eigenvalue weighted by Crippen LogP contribution is -2.19. The van der Waals surface area contributed by atoms with Crippen LogP contribution in [0.2, 0.25) is 0 Å². The number of hydrogen-bond donors (Lipinski definition) is 1. The summed E-state index contributed by atoms with van der Waals surface area (Å²) in [7, 11) is 1.64. The molecular formula is C17H21N3O. The third-order valence-electron chi connectivity index (χ3n) is 4.02. The van der Waals surface area contributed by atoms with Crippen LogP contribution < -0.4 is 10.1 Å². The lowest BCUT2D eigenvalue weighted by molar-refractivity contribution is 0.397. The Bertz CT molecular complexity index is 627. The summed E-state index contributed by atoms with van der Waals surface area (Å²) in [6.45, 7) is 3.26. The van der Waals surface area contributed by atoms with Gasteiger partial charge in [-0.05, 0) is 36.9 Å². The Morgan fingerprint density at radius 3 is 2.95 bits per heavy atom. The van der Waals surface area contributed by atoms with Crippen molar-refractivity contribution in [3.8, 4) is 17.1 Å². The number of nitrogens with zero attached hydrogens (tertiary/aromatic N) is 2. The zero-order valence-electron chi connectivity index (χ0n) is 12.6. The molecule has 1 N–H and O–H groups in total. The van der Waals surface area contributed by atoms with E-state index in [9.17, 15) is 0 Å². The van der Waals surface area contributed by atoms with Crippen LogP contribution in [0.1, 0.15) is 36.9 Å². The minimum absolute atomic E-state index is 0.461. The summed E-state index contributed by atoms with van der Waals surface area (Å²) in [4.78, 5) is 8.74. The van der Waals surface area contributed by atoms with Crippen molar-refractivity contribution in [1.29, 1.82) is 0 Å². The second kappa shape index (κ2) is 6.22. The Kier molecular flexibility index (Phi) is 4.15. The van der Waals surface area contributed by atoms with E-state index >= 15 is 0 Å². The number of nitrogens with one attached hydrogen (secondary N) is 1. The van der Waals surface area contributed by atoms with E-state index in [0.29, 0.717) is 11.9 Å². The molecule has 110 valence electrons. The average molecular weight is 283 g/mol. The first kappa shape index (κ1) is 14.0. The third-order valence-corrected chi connectivity index (χ3v) is 4.02. The molecule has 0 fully saturated rings. The standard InChI is InChI=1S/C17H21N3O/c1-3-9-18-15-8-7-12-13(15)5-4-6-14(12)16-17(21-2)20-11-10-19-16/h4-6,10-11,15,18H,3,7-9H2,1-2H3. The topological polar surface area (TPSA) is 47.0 Å². The molecule has 0 radical (unpaired) electrons. The average Bonchev–Trinajstić information content (AvgIpc) is 2.96. The summed E-state index contributed by atoms with van der Waals surface area (Å²) in [5.41, 5.74) is 4.77. The number of ether oxygens (including phenoxy) is 1. The minimum atomic E-state index is 0.461. The highest BCUT2D eigenvalue weighted by Gasteiger charge is 2.25. The van der Waals surface area contributed by atoms with Gasteiger partial charge in [-0.15, -0.1) is 0 Å². The van der Waals surface area contributed by atoms with Crippen LogP contribution in [0.5, 0.6) is 5.88 Å². The molecule has 0 bridgehead atoms. The van der Waals surface area contributed by atoms with Crippen LogP contribution in [-0.2, 0) is 6.42 Å². The fourth-order valence-electron chi connectivity index (χ4n) is 3.07. The van der Waals surface area contributed by atoms with E-state index in [2.05, 4.69) is 40.4 Å². The number of rotatable bonds is 5. The Balaban J connectivity index is 2.01. The summed E-state index contributed by atoms with van der Waals surface area (Å²) in [6.07, 6.45) is 6.77. The van der Waals surface area contributed by atoms with Crippen LogP contribution >= 0.6 is 0 Å². The maximum atomic E-state index is 5.36. The Morgan fingerprint density at radius 2 is 2.14 bits per heavy atom. The summed E-state index contributed by atoms with van der Waals surface area (Å²) in [5.74, 6) is 0.593. The van der Waals surface area contributed by atoms with Crippen molar-refractivity contribution in [1.82, 2.24) is 15.3 Å². The van der Waals surface area contributed by atoms with Gasteiger partial charge in [-0.3, -0.25) is 0 Å². The highest BCUT2D eigenvalue weighted by Crippen LogP contribution is 2.38. The normalized spacial score (nSPS) is 16.8. The van der Waals surface area contributed by atoms with E-state index in [1.165, 1.54) is 11.1 Å². The van der Waals surface area contributed by atoms with Gasteiger partial charge in [-0.25, -0.2) is 9.97 Å². The molecule has 2 aromatic rings. The van der Waals surface area contributed by atoms with Crippen LogP contribution in [0.3, 0.4) is 0 Å². The fraction of sp³-hybridized carbons (Fsp3) is 0.412. The van der Waals surface area contributed by atoms with E-state index in [0.717, 1.165) is 37.1 Å². The predicted octanol–water partition coefficient (Wildman–Crippen LogP) is 3.14. The number of benzene rings is 1. The predicted molar refractivity (Wildman–Crippen MR) is 83.4 cm³/mol. The summed E-state index contributed by atoms with van der Waals surface area (Å²) in [6, 6.07) is 6.91. The van der Waals surface area contributed by atoms with Crippen molar-refractivity contribution in [2.24, 2.45) is 0 Å². The number of aromatic nitrogens is 2. The monoisotopic (exact) mass is 283 g/mol. The molecule has 4 heteroatoms. The van der Waals surface area contributed by atoms with Crippen molar-refractivity contribution < 1.29 is 4.74 Å². The van der Waals surface area contributed by atoms with Crippen molar-refractivity contribution in [2.75, 3.05) is 13.7 Å². The molecule has 0 saturated heterocycles. The Hall–Kier alpha value is -1.94. The first-order valence-electron chi connectivity index (χ1n) is 7.55. The SMILES string of the molecule is CCCNC1CCc2c(-c3nccnc3OC)cccc21. The molecule has 1 aliphatic carbocycles. The molecule has 1 aliphatic rings. The number of methoxy groups -OCH3 is 1. The van der Waals surface area contributed by atoms with Gasteiger partial charge < -0.3 is 10.1 Å². The first-order chi connectivity index (χ1) is 10.3. The van der Waals surface area contributed by atoms with Crippen molar-refractivity contribution >= 4 is 0 Å². The number of hydrogen-bond acceptors (Lipinski definition) is 4. The molecule has 1 atom stereocenters. The van der Waals surface area contributed by atoms with Gasteiger partial charge in [0.25, 0.3) is 0 Å². The maximum absolute atomic E-state index is 5.36. The van der Waals surface area contributed by atoms with Crippen LogP contribution in [0, 0.1) is 0 Å². The van der Waals surface area contributed by atoms with Crippen LogP contribution in [-0.4, -0.2) is 23.6 Å². The molecule has 0 aliphatic heterocycles. The Morgan fingerprint density at radius 1 is 1.29 bits per heavy atom. The Labute approximate surface area is 125 Å². The largest absolute Gasteiger partial charge is 0.479 e. The van der Waals surface area contributed by atoms with Crippen molar-refractivity contribution in [2.45, 2.75) is 32.2 Å². The van der Waals surface area contributed by atoms with Gasteiger partial charge >= 0.3 is 0 Å². The fourth-order valence-corrected chi connectivity index (χ4v) is 3.07. The molecule has 1 heterocycles. The molecule has 4 nitrogen and oxygen atoms in total. The van der Waals surface area contributed by atoms with E-state index in [1.807, 2.05) is 0 Å². The van der Waals surface area contributed by atoms with Crippen LogP contribution in [0.25, 0.3) is 11.3 Å². The van der Waals surface area contributed by atoms with Crippen molar-refractivity contribution in [3.63, 3.8) is 0 Å². The van der Waals surface area contributed by atoms with E-state index in [4.69, 9.17) is 4.74 Å². The molecular weight excluding hydrogens is 262 g/mol. The molecule has 0 amide bonds. The van der Waals surface area contributed by atoms with E-state index in [-0.39, 0.29) is 0 Å². The second-order valence-electron chi connectivity index (χ2n) is 5.33. The second-order valence-corrected chi connectivity index (χ2v) is 5.33. The van der Waals surface area contributed by atoms with Gasteiger partial charge in [0.1, 0.15) is 5.69 Å². The highest BCUT2D eigenvalue weighted by atomic mass is 16.5. The lowest BCUT2D eigenvalue weighted by atomic mass is 10.00. The summed E-state index contributed by atoms with van der Waals surface area (Å²) >= 11 is 0. The van der Waals surface area contributed by atoms with E-state index < -0.39 is 0 Å². The first-order valence-corrected chi connectivity index (χ1v) is 7.55. The van der Waals surface area contributed by atoms with Gasteiger partial charge in [-0.2, -0.15) is 0 Å². The molecule has 1 aromatic heterocycles. The molecule has 3 rings (SSSR count). The van der Waals surface area contributed by atoms with Crippen molar-refractivity contribution in [3.05, 3.63) is 41.7 Å². The number of fused-ring (bicyclic) bond motifs is 1. The maximum Gasteiger partial charge on any atom is 0.240 e. The van der Waals surface area contributed by atoms with E-state index in [1.54, 1.807) is 19.5 Å². The molecule has 0 saturated carbocycles. The van der Waals surface area contributed by atoms with Crippen LogP contribution in [0.15, 0.2) is 30.6 Å². The zero-order valence-corrected chi connectivity index (χ0v) is 12.6. The van der Waals surface area contributed by atoms with Gasteiger partial charge in [0, 0.05) is 24.0 Å². The van der Waals surface area contributed by atoms with Gasteiger partial charge in [-0.1, -0.05) is 25.1 Å². The van der Waals surface area contributed by atoms with Gasteiger partial charge in [0.2, 0.25) is 5.88 Å². The lowest BCUT2D eigenvalue weighted by Gasteiger charge is -2.14. The summed E-state index contributed by atoms with van der Waals surface area (Å²) < 4.78 is 5.36. The van der Waals surface area contributed by atoms with Gasteiger partial charge in [0.15, 0.2) is 0 Å². The molecule has 1 unspecified atom stereocenters. The highest BCUT2D eigenvalue weighted by molar-refractivity contribution is 5.70. The zero-order chi connectivity index (χ0) is 14.7. The smallest absolute Gasteiger partial charge is 0.240 e. The quantitative estimate of drug-likeness (QED) is 0.915. The van der Waals surface area contributed by atoms with Crippen LogP contribution in [0.4, 0.5) is 0 Å². The molecule has 1 aromatic carbocycles. The minimum Gasteiger partial charge on any atom is -0.479 e. The van der Waals surface area contributed by atoms with Gasteiger partial charge in [0.05, 0.1) is 7.11 Å². The molecule has 0 spiro atoms. The summed E-state index contributed by atoms with van der Waals surface area (Å²) in [5, 5.41) is 3.63.